The Kier molecular flexibility index (Phi) is 80.5. The number of esters is 2. The van der Waals surface area contributed by atoms with Gasteiger partial charge < -0.3 is 49.3 Å². The van der Waals surface area contributed by atoms with E-state index < -0.39 is 33.5 Å². The molecule has 6 atom stereocenters. The van der Waals surface area contributed by atoms with Crippen molar-refractivity contribution < 1.29 is 74.7 Å². The van der Waals surface area contributed by atoms with Gasteiger partial charge in [-0.2, -0.15) is 0 Å². The van der Waals surface area contributed by atoms with Crippen molar-refractivity contribution in [3.63, 3.8) is 0 Å². The van der Waals surface area contributed by atoms with Crippen LogP contribution in [-0.2, 0) is 69.9 Å². The Morgan fingerprint density at radius 2 is 0.634 bits per heavy atom. The van der Waals surface area contributed by atoms with Crippen LogP contribution in [0.2, 0.25) is 0 Å². The van der Waals surface area contributed by atoms with E-state index in [1.54, 1.807) is 0 Å². The summed E-state index contributed by atoms with van der Waals surface area (Å²) >= 11 is 0. The number of unbranched alkanes of at least 4 members (excludes halogenated alkanes) is 44. The van der Waals surface area contributed by atoms with Gasteiger partial charge in [-0.05, 0) is 57.8 Å². The highest BCUT2D eigenvalue weighted by Crippen LogP contribution is 2.50. The lowest BCUT2D eigenvalue weighted by Gasteiger charge is -2.24. The van der Waals surface area contributed by atoms with Crippen LogP contribution in [0.4, 0.5) is 4.79 Å². The first-order valence-corrected chi connectivity index (χ1v) is 49.6. The topological polar surface area (TPSA) is 251 Å². The third-order valence-electron chi connectivity index (χ3n) is 20.6. The lowest BCUT2D eigenvalue weighted by Crippen LogP contribution is -2.41. The first kappa shape index (κ1) is 109. The van der Waals surface area contributed by atoms with Gasteiger partial charge in [0.05, 0.1) is 77.7 Å². The SMILES string of the molecule is C=CCOP(=O)(CC[C@H](COCC[C@@H](CCCCCCC)OC(=O)CCCCCCCCCCC)NC(=O)CCCCCCCCCCCCC)OCCNC(=O)NCCOP(=O)(OCC=C)OC[C@H](COCC[C@@H](CCCCCCC)OC(=O)CCCCCCCCCCC)NC(=O)CCCCCCCCCCCCC. The maximum absolute atomic E-state index is 14.4. The van der Waals surface area contributed by atoms with Gasteiger partial charge >= 0.3 is 33.4 Å². The van der Waals surface area contributed by atoms with E-state index in [2.05, 4.69) is 76.0 Å². The Labute approximate surface area is 686 Å². The zero-order chi connectivity index (χ0) is 82.0. The number of phosphoric ester groups is 1. The lowest BCUT2D eigenvalue weighted by atomic mass is 10.1. The van der Waals surface area contributed by atoms with Crippen LogP contribution in [0.5, 0.6) is 0 Å². The summed E-state index contributed by atoms with van der Waals surface area (Å²) in [5.74, 6) is -0.626. The molecule has 22 heteroatoms. The van der Waals surface area contributed by atoms with Crippen LogP contribution < -0.4 is 21.3 Å². The Bertz CT molecular complexity index is 2120. The molecule has 0 radical (unpaired) electrons. The molecule has 0 rings (SSSR count). The van der Waals surface area contributed by atoms with Gasteiger partial charge in [-0.25, -0.2) is 9.36 Å². The van der Waals surface area contributed by atoms with E-state index in [4.69, 9.17) is 41.6 Å². The summed E-state index contributed by atoms with van der Waals surface area (Å²) in [6.45, 7) is 20.4. The smallest absolute Gasteiger partial charge is 0.462 e. The summed E-state index contributed by atoms with van der Waals surface area (Å²) < 4.78 is 82.2. The van der Waals surface area contributed by atoms with Gasteiger partial charge in [-0.3, -0.25) is 37.3 Å². The average Bonchev–Trinajstić information content (AvgIpc) is 0.890. The summed E-state index contributed by atoms with van der Waals surface area (Å²) in [4.78, 5) is 66.6. The highest BCUT2D eigenvalue weighted by molar-refractivity contribution is 7.53. The molecule has 0 aromatic carbocycles. The molecule has 0 aromatic rings. The van der Waals surface area contributed by atoms with Gasteiger partial charge in [0.2, 0.25) is 11.8 Å². The fourth-order valence-corrected chi connectivity index (χ4v) is 16.5. The van der Waals surface area contributed by atoms with E-state index in [-0.39, 0.29) is 114 Å². The van der Waals surface area contributed by atoms with Crippen LogP contribution >= 0.6 is 15.4 Å². The minimum Gasteiger partial charge on any atom is -0.462 e. The van der Waals surface area contributed by atoms with Gasteiger partial charge in [0.25, 0.3) is 0 Å². The average molecular weight is 1630 g/mol. The van der Waals surface area contributed by atoms with Crippen molar-refractivity contribution in [2.24, 2.45) is 0 Å². The van der Waals surface area contributed by atoms with Crippen molar-refractivity contribution in [3.8, 4) is 0 Å². The number of phosphoric acid groups is 1. The highest BCUT2D eigenvalue weighted by atomic mass is 31.2. The maximum atomic E-state index is 14.4. The number of carbonyl (C=O) groups excluding carboxylic acids is 5. The second kappa shape index (κ2) is 82.9. The molecular formula is C90H174N4O16P2. The number of nitrogens with one attached hydrogen (secondary N) is 4. The van der Waals surface area contributed by atoms with Gasteiger partial charge in [0.15, 0.2) is 0 Å². The molecule has 0 heterocycles. The van der Waals surface area contributed by atoms with E-state index in [9.17, 15) is 33.1 Å². The Morgan fingerprint density at radius 3 is 1.00 bits per heavy atom. The molecule has 0 bridgehead atoms. The summed E-state index contributed by atoms with van der Waals surface area (Å²) in [5.41, 5.74) is 0. The van der Waals surface area contributed by atoms with E-state index in [1.807, 2.05) is 0 Å². The number of hydrogen-bond acceptors (Lipinski definition) is 16. The van der Waals surface area contributed by atoms with Gasteiger partial charge in [-0.1, -0.05) is 336 Å². The van der Waals surface area contributed by atoms with Crippen molar-refractivity contribution in [1.82, 2.24) is 21.3 Å². The molecule has 0 spiro atoms. The minimum absolute atomic E-state index is 0.0248. The molecule has 4 amide bonds. The Balaban J connectivity index is 5.99. The number of ether oxygens (including phenoxy) is 4. The fraction of sp³-hybridized carbons (Fsp3) is 0.900. The fourth-order valence-electron chi connectivity index (χ4n) is 13.7. The number of urea groups is 1. The summed E-state index contributed by atoms with van der Waals surface area (Å²) in [5, 5.41) is 11.6. The first-order chi connectivity index (χ1) is 54.6. The van der Waals surface area contributed by atoms with Crippen molar-refractivity contribution in [2.45, 2.75) is 445 Å². The number of amides is 4. The zero-order valence-electron chi connectivity index (χ0n) is 73.0. The number of carbonyl (C=O) groups is 5. The van der Waals surface area contributed by atoms with E-state index in [1.165, 1.54) is 192 Å². The molecule has 4 N–H and O–H groups in total. The van der Waals surface area contributed by atoms with Crippen molar-refractivity contribution in [3.05, 3.63) is 25.3 Å². The van der Waals surface area contributed by atoms with Crippen molar-refractivity contribution in [2.75, 3.05) is 78.7 Å². The van der Waals surface area contributed by atoms with Crippen molar-refractivity contribution in [1.29, 1.82) is 0 Å². The Morgan fingerprint density at radius 1 is 0.321 bits per heavy atom. The van der Waals surface area contributed by atoms with Crippen LogP contribution in [0.15, 0.2) is 25.3 Å². The molecule has 112 heavy (non-hydrogen) atoms. The van der Waals surface area contributed by atoms with Crippen LogP contribution in [0.1, 0.15) is 420 Å². The monoisotopic (exact) mass is 1630 g/mol. The van der Waals surface area contributed by atoms with Gasteiger partial charge in [0, 0.05) is 51.6 Å². The molecule has 0 aromatic heterocycles. The second-order valence-corrected chi connectivity index (χ2v) is 35.4. The molecule has 0 aliphatic rings. The summed E-state index contributed by atoms with van der Waals surface area (Å²) in [6, 6.07) is -1.86. The molecule has 0 saturated carbocycles. The van der Waals surface area contributed by atoms with Gasteiger partial charge in [-0.15, -0.1) is 13.2 Å². The van der Waals surface area contributed by atoms with E-state index >= 15 is 0 Å². The predicted molar refractivity (Wildman–Crippen MR) is 463 cm³/mol. The standard InChI is InChI=1S/C90H174N4O16P2/c1-9-17-23-29-33-37-39-43-45-51-57-63-86(95)93-82(79-102-74-67-84(61-55-49-27-21-13-5)109-88(97)65-59-53-47-41-35-31-25-19-11-3)69-78-111(100,104-72-15-7)105-76-70-91-90(99)92-71-77-107-112(101,106-73-16-8)108-81-83(94-87(96)64-58-52-46-44-40-38-34-30-24-18-10-2)80-103-75-68-85(62-56-50-28-22-14-6)110-89(98)66-60-54-48-42-36-32-26-20-12-4/h15-16,82-85H,7-14,17-81H2,1-6H3,(H,93,95)(H,94,96)(H2,91,92,99)/t82-,83+,84-,85-,111?,112?/m1/s1. The lowest BCUT2D eigenvalue weighted by molar-refractivity contribution is -0.151. The van der Waals surface area contributed by atoms with Crippen LogP contribution in [0.25, 0.3) is 0 Å². The number of hydrogen-bond donors (Lipinski definition) is 4. The molecular weight excluding hydrogens is 1450 g/mol. The minimum atomic E-state index is -4.31. The third-order valence-corrected chi connectivity index (χ3v) is 24.0. The molecule has 2 unspecified atom stereocenters. The van der Waals surface area contributed by atoms with Crippen LogP contribution in [-0.4, -0.2) is 133 Å². The van der Waals surface area contributed by atoms with E-state index in [0.717, 1.165) is 154 Å². The summed E-state index contributed by atoms with van der Waals surface area (Å²) in [7, 11) is -8.13. The molecule has 0 fully saturated rings. The Hall–Kier alpha value is -3.19. The summed E-state index contributed by atoms with van der Waals surface area (Å²) in [6.07, 6.45) is 64.1. The molecule has 0 aliphatic heterocycles. The largest absolute Gasteiger partial charge is 0.475 e. The predicted octanol–water partition coefficient (Wildman–Crippen LogP) is 25.0. The molecule has 20 nitrogen and oxygen atoms in total. The van der Waals surface area contributed by atoms with Crippen LogP contribution in [0.3, 0.4) is 0 Å². The zero-order valence-corrected chi connectivity index (χ0v) is 74.8. The normalized spacial score (nSPS) is 13.7. The maximum Gasteiger partial charge on any atom is 0.475 e. The van der Waals surface area contributed by atoms with E-state index in [0.29, 0.717) is 45.1 Å². The van der Waals surface area contributed by atoms with Crippen LogP contribution in [0, 0.1) is 0 Å². The third kappa shape index (κ3) is 74.4. The molecule has 0 saturated heterocycles. The highest BCUT2D eigenvalue weighted by Gasteiger charge is 2.30. The second-order valence-electron chi connectivity index (χ2n) is 31.5. The van der Waals surface area contributed by atoms with Crippen molar-refractivity contribution >= 4 is 45.2 Å². The first-order valence-electron chi connectivity index (χ1n) is 46.4. The number of rotatable bonds is 90. The quantitative estimate of drug-likeness (QED) is 0.0191. The molecule has 660 valence electrons. The molecule has 0 aliphatic carbocycles. The van der Waals surface area contributed by atoms with Gasteiger partial charge in [0.1, 0.15) is 12.2 Å².